The summed E-state index contributed by atoms with van der Waals surface area (Å²) in [5, 5.41) is 20.1. The third-order valence-electron chi connectivity index (χ3n) is 12.3. The number of aliphatic hydroxyl groups is 2. The second-order valence-corrected chi connectivity index (χ2v) is 18.0. The number of unbranched alkanes of at least 4 members (excludes halogenated alkanes) is 20. The van der Waals surface area contributed by atoms with Crippen molar-refractivity contribution in [1.82, 2.24) is 4.90 Å². The van der Waals surface area contributed by atoms with E-state index >= 15 is 0 Å². The molecule has 3 atom stereocenters. The van der Waals surface area contributed by atoms with Crippen LogP contribution in [0.25, 0.3) is 0 Å². The van der Waals surface area contributed by atoms with Crippen molar-refractivity contribution in [3.05, 3.63) is 0 Å². The fourth-order valence-electron chi connectivity index (χ4n) is 8.40. The second kappa shape index (κ2) is 45.3. The average Bonchev–Trinajstić information content (AvgIpc) is 3.22. The first-order valence-corrected chi connectivity index (χ1v) is 25.7. The molecule has 0 aromatic heterocycles. The van der Waals surface area contributed by atoms with Crippen LogP contribution >= 0.6 is 0 Å². The van der Waals surface area contributed by atoms with Crippen LogP contribution in [0.1, 0.15) is 259 Å². The number of aliphatic hydroxyl groups excluding tert-OH is 2. The number of esters is 2. The molecule has 0 aliphatic heterocycles. The number of hydrogen-bond donors (Lipinski definition) is 2. The Morgan fingerprint density at radius 1 is 0.431 bits per heavy atom. The van der Waals surface area contributed by atoms with Crippen molar-refractivity contribution >= 4 is 11.9 Å². The van der Waals surface area contributed by atoms with E-state index in [-0.39, 0.29) is 18.5 Å². The number of rotatable bonds is 47. The van der Waals surface area contributed by atoms with Gasteiger partial charge in [0.15, 0.2) is 0 Å². The molecule has 0 aliphatic carbocycles. The molecule has 0 radical (unpaired) electrons. The minimum absolute atomic E-state index is 0.0221. The first-order chi connectivity index (χ1) is 28.4. The van der Waals surface area contributed by atoms with Crippen LogP contribution < -0.4 is 0 Å². The molecule has 0 saturated carbocycles. The summed E-state index contributed by atoms with van der Waals surface area (Å²) >= 11 is 0. The van der Waals surface area contributed by atoms with Gasteiger partial charge in [-0.2, -0.15) is 0 Å². The Hall–Kier alpha value is -1.18. The molecule has 0 spiro atoms. The lowest BCUT2D eigenvalue weighted by atomic mass is 9.90. The summed E-state index contributed by atoms with van der Waals surface area (Å²) in [6, 6.07) is 0. The lowest BCUT2D eigenvalue weighted by Crippen LogP contribution is -2.34. The summed E-state index contributed by atoms with van der Waals surface area (Å²) in [6.45, 7) is 12.8. The molecule has 7 heteroatoms. The summed E-state index contributed by atoms with van der Waals surface area (Å²) < 4.78 is 11.3. The van der Waals surface area contributed by atoms with Gasteiger partial charge in [-0.05, 0) is 89.1 Å². The van der Waals surface area contributed by atoms with Crippen molar-refractivity contribution in [1.29, 1.82) is 0 Å². The van der Waals surface area contributed by atoms with E-state index in [1.807, 2.05) is 0 Å². The topological polar surface area (TPSA) is 96.3 Å². The predicted molar refractivity (Wildman–Crippen MR) is 247 cm³/mol. The Bertz CT molecular complexity index is 855. The molecule has 0 saturated heterocycles. The maximum Gasteiger partial charge on any atom is 0.305 e. The number of carbonyl (C=O) groups is 2. The summed E-state index contributed by atoms with van der Waals surface area (Å²) in [7, 11) is 0. The van der Waals surface area contributed by atoms with E-state index in [9.17, 15) is 19.8 Å². The van der Waals surface area contributed by atoms with Gasteiger partial charge in [0, 0.05) is 26.0 Å². The second-order valence-electron chi connectivity index (χ2n) is 18.0. The minimum Gasteiger partial charge on any atom is -0.466 e. The highest BCUT2D eigenvalue weighted by Gasteiger charge is 2.15. The standard InChI is InChI=1S/C51H101NO6/c1-5-9-13-17-24-34-47(32-22-15-11-7-3)37-39-50(55)57-44-30-20-19-27-41-52(42-28-21-29-43-53)46-49(54)36-26-31-45-58-51(56)40-38-48(33-23-16-12-8-4)35-25-18-14-10-6-2/h47-49,53-54H,5-46H2,1-4H3. The molecule has 3 unspecified atom stereocenters. The van der Waals surface area contributed by atoms with Gasteiger partial charge in [-0.3, -0.25) is 9.59 Å². The lowest BCUT2D eigenvalue weighted by molar-refractivity contribution is -0.145. The Morgan fingerprint density at radius 3 is 1.21 bits per heavy atom. The van der Waals surface area contributed by atoms with E-state index < -0.39 is 6.10 Å². The van der Waals surface area contributed by atoms with E-state index in [1.165, 1.54) is 141 Å². The Morgan fingerprint density at radius 2 is 0.776 bits per heavy atom. The number of hydrogen-bond acceptors (Lipinski definition) is 7. The van der Waals surface area contributed by atoms with E-state index in [0.717, 1.165) is 83.7 Å². The highest BCUT2D eigenvalue weighted by molar-refractivity contribution is 5.69. The van der Waals surface area contributed by atoms with Crippen LogP contribution in [0, 0.1) is 11.8 Å². The lowest BCUT2D eigenvalue weighted by Gasteiger charge is -2.25. The zero-order chi connectivity index (χ0) is 42.6. The van der Waals surface area contributed by atoms with Gasteiger partial charge in [0.1, 0.15) is 0 Å². The van der Waals surface area contributed by atoms with Crippen LogP contribution in [0.15, 0.2) is 0 Å². The molecular formula is C51H101NO6. The molecule has 0 bridgehead atoms. The molecule has 2 N–H and O–H groups in total. The maximum atomic E-state index is 12.6. The highest BCUT2D eigenvalue weighted by Crippen LogP contribution is 2.25. The van der Waals surface area contributed by atoms with E-state index in [1.54, 1.807) is 0 Å². The highest BCUT2D eigenvalue weighted by atomic mass is 16.5. The van der Waals surface area contributed by atoms with E-state index in [0.29, 0.717) is 50.9 Å². The van der Waals surface area contributed by atoms with Crippen LogP contribution in [0.5, 0.6) is 0 Å². The third-order valence-corrected chi connectivity index (χ3v) is 12.3. The van der Waals surface area contributed by atoms with Crippen molar-refractivity contribution in [2.75, 3.05) is 39.5 Å². The van der Waals surface area contributed by atoms with E-state index in [2.05, 4.69) is 32.6 Å². The Kier molecular flexibility index (Phi) is 44.4. The fraction of sp³-hybridized carbons (Fsp3) is 0.961. The van der Waals surface area contributed by atoms with Crippen LogP contribution in [0.2, 0.25) is 0 Å². The summed E-state index contributed by atoms with van der Waals surface area (Å²) in [5.41, 5.74) is 0. The Balaban J connectivity index is 4.38. The zero-order valence-corrected chi connectivity index (χ0v) is 39.4. The molecule has 0 aromatic carbocycles. The van der Waals surface area contributed by atoms with Crippen LogP contribution in [-0.4, -0.2) is 72.6 Å². The minimum atomic E-state index is -0.393. The summed E-state index contributed by atoms with van der Waals surface area (Å²) in [5.74, 6) is 1.22. The van der Waals surface area contributed by atoms with Gasteiger partial charge in [-0.25, -0.2) is 0 Å². The van der Waals surface area contributed by atoms with Crippen LogP contribution in [-0.2, 0) is 19.1 Å². The largest absolute Gasteiger partial charge is 0.466 e. The smallest absolute Gasteiger partial charge is 0.305 e. The van der Waals surface area contributed by atoms with Crippen molar-refractivity contribution in [3.8, 4) is 0 Å². The van der Waals surface area contributed by atoms with Crippen molar-refractivity contribution in [2.45, 2.75) is 265 Å². The molecule has 58 heavy (non-hydrogen) atoms. The summed E-state index contributed by atoms with van der Waals surface area (Å²) in [4.78, 5) is 27.5. The van der Waals surface area contributed by atoms with Crippen molar-refractivity contribution in [3.63, 3.8) is 0 Å². The predicted octanol–water partition coefficient (Wildman–Crippen LogP) is 14.1. The normalized spacial score (nSPS) is 13.2. The molecule has 0 rings (SSSR count). The van der Waals surface area contributed by atoms with E-state index in [4.69, 9.17) is 9.47 Å². The summed E-state index contributed by atoms with van der Waals surface area (Å²) in [6.07, 6.45) is 40.4. The van der Waals surface area contributed by atoms with Crippen molar-refractivity contribution in [2.24, 2.45) is 11.8 Å². The number of ether oxygens (including phenoxy) is 2. The van der Waals surface area contributed by atoms with Gasteiger partial charge < -0.3 is 24.6 Å². The van der Waals surface area contributed by atoms with Gasteiger partial charge in [0.25, 0.3) is 0 Å². The number of nitrogens with zero attached hydrogens (tertiary/aromatic N) is 1. The first-order valence-electron chi connectivity index (χ1n) is 25.7. The van der Waals surface area contributed by atoms with Crippen LogP contribution in [0.3, 0.4) is 0 Å². The van der Waals surface area contributed by atoms with Gasteiger partial charge in [-0.15, -0.1) is 0 Å². The average molecular weight is 824 g/mol. The number of carbonyl (C=O) groups excluding carboxylic acids is 2. The fourth-order valence-corrected chi connectivity index (χ4v) is 8.40. The molecular weight excluding hydrogens is 723 g/mol. The van der Waals surface area contributed by atoms with Gasteiger partial charge in [0.05, 0.1) is 19.3 Å². The first kappa shape index (κ1) is 56.8. The van der Waals surface area contributed by atoms with Gasteiger partial charge >= 0.3 is 11.9 Å². The molecule has 0 aliphatic rings. The molecule has 7 nitrogen and oxygen atoms in total. The third kappa shape index (κ3) is 40.2. The van der Waals surface area contributed by atoms with Gasteiger partial charge in [-0.1, -0.05) is 182 Å². The molecule has 0 aromatic rings. The molecule has 0 heterocycles. The zero-order valence-electron chi connectivity index (χ0n) is 39.4. The Labute approximate surface area is 361 Å². The molecule has 0 fully saturated rings. The quantitative estimate of drug-likeness (QED) is 0.0466. The molecule has 0 amide bonds. The van der Waals surface area contributed by atoms with Crippen molar-refractivity contribution < 1.29 is 29.3 Å². The SMILES string of the molecule is CCCCCCCC(CCCCCC)CCC(=O)OCCCCCCN(CCCCCO)CC(O)CCCCOC(=O)CCC(CCCCCC)CCCCCCC. The monoisotopic (exact) mass is 824 g/mol. The van der Waals surface area contributed by atoms with Crippen LogP contribution in [0.4, 0.5) is 0 Å². The molecule has 346 valence electrons. The maximum absolute atomic E-state index is 12.6. The van der Waals surface area contributed by atoms with Gasteiger partial charge in [0.2, 0.25) is 0 Å².